The number of nitrogens with one attached hydrogen (secondary N) is 1. The van der Waals surface area contributed by atoms with E-state index in [4.69, 9.17) is 9.47 Å². The van der Waals surface area contributed by atoms with Crippen molar-refractivity contribution >= 4 is 22.0 Å². The van der Waals surface area contributed by atoms with E-state index in [1.807, 2.05) is 18.2 Å². The minimum absolute atomic E-state index is 0.0476. The Morgan fingerprint density at radius 1 is 1.03 bits per heavy atom. The molecule has 0 aliphatic carbocycles. The third kappa shape index (κ3) is 6.16. The molecule has 1 saturated heterocycles. The Hall–Kier alpha value is -2.88. The number of carbonyl (C=O) groups is 1. The smallest absolute Gasteiger partial charge is 0.241 e. The summed E-state index contributed by atoms with van der Waals surface area (Å²) >= 11 is 0. The van der Waals surface area contributed by atoms with Crippen molar-refractivity contribution in [2.24, 2.45) is 0 Å². The van der Waals surface area contributed by atoms with Crippen molar-refractivity contribution in [1.29, 1.82) is 0 Å². The predicted octanol–water partition coefficient (Wildman–Crippen LogP) is 2.37. The molecule has 0 aromatic heterocycles. The zero-order chi connectivity index (χ0) is 24.0. The summed E-state index contributed by atoms with van der Waals surface area (Å²) < 4.78 is 39.5. The molecule has 0 bridgehead atoms. The maximum atomic E-state index is 12.9. The Morgan fingerprint density at radius 3 is 2.47 bits per heavy atom. The molecule has 1 amide bonds. The summed E-state index contributed by atoms with van der Waals surface area (Å²) in [5.41, 5.74) is 1.16. The van der Waals surface area contributed by atoms with Crippen molar-refractivity contribution in [3.8, 4) is 11.5 Å². The molecule has 0 spiro atoms. The first-order valence-electron chi connectivity index (χ1n) is 11.6. The van der Waals surface area contributed by atoms with Crippen molar-refractivity contribution in [1.82, 2.24) is 14.5 Å². The first-order chi connectivity index (χ1) is 16.4. The molecule has 0 radical (unpaired) electrons. The second kappa shape index (κ2) is 11.0. The number of rotatable bonds is 7. The van der Waals surface area contributed by atoms with Crippen LogP contribution in [0.15, 0.2) is 59.5 Å². The van der Waals surface area contributed by atoms with E-state index in [9.17, 15) is 13.2 Å². The number of carbonyl (C=O) groups excluding carboxylic acids is 1. The lowest BCUT2D eigenvalue weighted by atomic mass is 10.2. The van der Waals surface area contributed by atoms with Crippen molar-refractivity contribution in [2.75, 3.05) is 45.9 Å². The Morgan fingerprint density at radius 2 is 1.74 bits per heavy atom. The molecule has 1 N–H and O–H groups in total. The van der Waals surface area contributed by atoms with Crippen LogP contribution in [0.2, 0.25) is 0 Å². The highest BCUT2D eigenvalue weighted by atomic mass is 32.2. The second-order valence-electron chi connectivity index (χ2n) is 8.44. The Labute approximate surface area is 201 Å². The molecular weight excluding hydrogens is 454 g/mol. The summed E-state index contributed by atoms with van der Waals surface area (Å²) in [5.74, 6) is 0.700. The molecule has 2 heterocycles. The average Bonchev–Trinajstić information content (AvgIpc) is 3.09. The fourth-order valence-electron chi connectivity index (χ4n) is 3.99. The van der Waals surface area contributed by atoms with E-state index in [1.54, 1.807) is 17.9 Å². The molecule has 34 heavy (non-hydrogen) atoms. The number of benzene rings is 2. The first kappa shape index (κ1) is 24.3. The number of sulfonamides is 1. The molecule has 2 aromatic carbocycles. The molecule has 0 saturated carbocycles. The number of fused-ring (bicyclic) bond motifs is 1. The van der Waals surface area contributed by atoms with Crippen LogP contribution >= 0.6 is 0 Å². The van der Waals surface area contributed by atoms with Gasteiger partial charge in [0.15, 0.2) is 11.5 Å². The number of ether oxygens (including phenoxy) is 2. The van der Waals surface area contributed by atoms with Gasteiger partial charge >= 0.3 is 0 Å². The molecule has 9 heteroatoms. The van der Waals surface area contributed by atoms with E-state index >= 15 is 0 Å². The molecule has 4 rings (SSSR count). The van der Waals surface area contributed by atoms with Crippen LogP contribution in [-0.4, -0.2) is 76.1 Å². The summed E-state index contributed by atoms with van der Waals surface area (Å²) in [7, 11) is -3.89. The standard InChI is InChI=1S/C25H31N3O5S/c1-20(26-34(30,31)22-10-11-23-24(19-22)33-18-6-17-32-23)25(29)28-15-13-27(14-16-28)12-5-9-21-7-3-2-4-8-21/h2-5,7-11,19-20,26H,6,12-18H2,1H3/b9-5+. The van der Waals surface area contributed by atoms with Crippen molar-refractivity contribution < 1.29 is 22.7 Å². The number of hydrogen-bond donors (Lipinski definition) is 1. The van der Waals surface area contributed by atoms with E-state index in [0.717, 1.165) is 31.6 Å². The van der Waals surface area contributed by atoms with Gasteiger partial charge in [-0.15, -0.1) is 0 Å². The summed E-state index contributed by atoms with van der Waals surface area (Å²) in [5, 5.41) is 0. The molecule has 8 nitrogen and oxygen atoms in total. The van der Waals surface area contributed by atoms with Gasteiger partial charge in [-0.3, -0.25) is 9.69 Å². The SMILES string of the molecule is CC(NS(=O)(=O)c1ccc2c(c1)OCCCO2)C(=O)N1CCN(C/C=C/c2ccccc2)CC1. The molecule has 1 atom stereocenters. The highest BCUT2D eigenvalue weighted by Gasteiger charge is 2.28. The van der Waals surface area contributed by atoms with Gasteiger partial charge in [-0.2, -0.15) is 4.72 Å². The third-order valence-corrected chi connectivity index (χ3v) is 7.43. The van der Waals surface area contributed by atoms with Gasteiger partial charge in [0, 0.05) is 45.2 Å². The third-order valence-electron chi connectivity index (χ3n) is 5.89. The molecule has 2 aromatic rings. The minimum Gasteiger partial charge on any atom is -0.490 e. The van der Waals surface area contributed by atoms with E-state index in [0.29, 0.717) is 37.8 Å². The highest BCUT2D eigenvalue weighted by molar-refractivity contribution is 7.89. The van der Waals surface area contributed by atoms with Crippen LogP contribution in [0.1, 0.15) is 18.9 Å². The van der Waals surface area contributed by atoms with Crippen molar-refractivity contribution in [3.63, 3.8) is 0 Å². The summed E-state index contributed by atoms with van der Waals surface area (Å²) in [6.45, 7) is 5.99. The lowest BCUT2D eigenvalue weighted by Crippen LogP contribution is -2.54. The average molecular weight is 486 g/mol. The molecule has 1 fully saturated rings. The number of amides is 1. The Bertz CT molecular complexity index is 1110. The van der Waals surface area contributed by atoms with Crippen LogP contribution in [0, 0.1) is 0 Å². The largest absolute Gasteiger partial charge is 0.490 e. The van der Waals surface area contributed by atoms with Crippen LogP contribution in [0.25, 0.3) is 6.08 Å². The van der Waals surface area contributed by atoms with Gasteiger partial charge in [-0.05, 0) is 24.6 Å². The normalized spacial score (nSPS) is 18.0. The zero-order valence-corrected chi connectivity index (χ0v) is 20.2. The second-order valence-corrected chi connectivity index (χ2v) is 10.2. The highest BCUT2D eigenvalue weighted by Crippen LogP contribution is 2.31. The Kier molecular flexibility index (Phi) is 7.87. The molecule has 2 aliphatic heterocycles. The predicted molar refractivity (Wildman–Crippen MR) is 130 cm³/mol. The molecular formula is C25H31N3O5S. The number of nitrogens with zero attached hydrogens (tertiary/aromatic N) is 2. The lowest BCUT2D eigenvalue weighted by Gasteiger charge is -2.35. The van der Waals surface area contributed by atoms with E-state index < -0.39 is 16.1 Å². The summed E-state index contributed by atoms with van der Waals surface area (Å²) in [6.07, 6.45) is 4.95. The van der Waals surface area contributed by atoms with E-state index in [2.05, 4.69) is 33.9 Å². The molecule has 182 valence electrons. The van der Waals surface area contributed by atoms with Crippen LogP contribution in [0.5, 0.6) is 11.5 Å². The zero-order valence-electron chi connectivity index (χ0n) is 19.4. The number of hydrogen-bond acceptors (Lipinski definition) is 6. The van der Waals surface area contributed by atoms with Crippen LogP contribution in [-0.2, 0) is 14.8 Å². The first-order valence-corrected chi connectivity index (χ1v) is 13.1. The van der Waals surface area contributed by atoms with Gasteiger partial charge in [0.1, 0.15) is 0 Å². The van der Waals surface area contributed by atoms with Gasteiger partial charge in [-0.25, -0.2) is 8.42 Å². The fraction of sp³-hybridized carbons (Fsp3) is 0.400. The fourth-order valence-corrected chi connectivity index (χ4v) is 5.20. The maximum Gasteiger partial charge on any atom is 0.241 e. The van der Waals surface area contributed by atoms with Crippen LogP contribution < -0.4 is 14.2 Å². The topological polar surface area (TPSA) is 88.2 Å². The quantitative estimate of drug-likeness (QED) is 0.648. The van der Waals surface area contributed by atoms with E-state index in [1.165, 1.54) is 12.1 Å². The maximum absolute atomic E-state index is 12.9. The van der Waals surface area contributed by atoms with E-state index in [-0.39, 0.29) is 10.8 Å². The van der Waals surface area contributed by atoms with Gasteiger partial charge in [-0.1, -0.05) is 42.5 Å². The van der Waals surface area contributed by atoms with Gasteiger partial charge in [0.2, 0.25) is 15.9 Å². The van der Waals surface area contributed by atoms with Crippen LogP contribution in [0.3, 0.4) is 0 Å². The van der Waals surface area contributed by atoms with Crippen LogP contribution in [0.4, 0.5) is 0 Å². The minimum atomic E-state index is -3.89. The number of piperazine rings is 1. The van der Waals surface area contributed by atoms with Gasteiger partial charge in [0.05, 0.1) is 24.2 Å². The Balaban J connectivity index is 1.29. The summed E-state index contributed by atoms with van der Waals surface area (Å²) in [4.78, 5) is 17.0. The summed E-state index contributed by atoms with van der Waals surface area (Å²) in [6, 6.07) is 13.8. The van der Waals surface area contributed by atoms with Crippen molar-refractivity contribution in [3.05, 3.63) is 60.2 Å². The van der Waals surface area contributed by atoms with Gasteiger partial charge < -0.3 is 14.4 Å². The lowest BCUT2D eigenvalue weighted by molar-refractivity contribution is -0.134. The van der Waals surface area contributed by atoms with Crippen molar-refractivity contribution in [2.45, 2.75) is 24.3 Å². The van der Waals surface area contributed by atoms with Gasteiger partial charge in [0.25, 0.3) is 0 Å². The molecule has 1 unspecified atom stereocenters. The molecule has 2 aliphatic rings. The monoisotopic (exact) mass is 485 g/mol.